The van der Waals surface area contributed by atoms with Crippen LogP contribution in [0.5, 0.6) is 0 Å². The molecule has 0 unspecified atom stereocenters. The van der Waals surface area contributed by atoms with E-state index in [1.165, 1.54) is 0 Å². The highest BCUT2D eigenvalue weighted by Gasteiger charge is 2.15. The Kier molecular flexibility index (Phi) is 35.9. The van der Waals surface area contributed by atoms with Gasteiger partial charge in [-0.25, -0.2) is 4.79 Å². The molecular formula is C30H59BrO14. The number of esters is 1. The van der Waals surface area contributed by atoms with Crippen molar-refractivity contribution in [3.05, 3.63) is 0 Å². The smallest absolute Gasteiger partial charge is 0.332 e. The van der Waals surface area contributed by atoms with Crippen molar-refractivity contribution < 1.29 is 66.4 Å². The van der Waals surface area contributed by atoms with E-state index in [0.717, 1.165) is 5.33 Å². The van der Waals surface area contributed by atoms with Crippen molar-refractivity contribution in [3.63, 3.8) is 0 Å². The van der Waals surface area contributed by atoms with Gasteiger partial charge in [0.05, 0.1) is 152 Å². The Hall–Kier alpha value is -0.530. The van der Waals surface area contributed by atoms with Crippen molar-refractivity contribution in [2.24, 2.45) is 0 Å². The SMILES string of the molecule is CC(C)(C)OC(=O)COCCOCCOCCOCCOCCOCCOCCOCCOCCOCCOCCOCCBr. The van der Waals surface area contributed by atoms with Crippen molar-refractivity contribution in [3.8, 4) is 0 Å². The van der Waals surface area contributed by atoms with E-state index >= 15 is 0 Å². The molecule has 14 nitrogen and oxygen atoms in total. The molecule has 15 heteroatoms. The van der Waals surface area contributed by atoms with Gasteiger partial charge in [-0.3, -0.25) is 0 Å². The van der Waals surface area contributed by atoms with Crippen molar-refractivity contribution in [1.82, 2.24) is 0 Å². The number of halogens is 1. The molecule has 0 N–H and O–H groups in total. The average Bonchev–Trinajstić information content (AvgIpc) is 3.00. The first-order valence-corrected chi connectivity index (χ1v) is 16.8. The minimum Gasteiger partial charge on any atom is -0.458 e. The first-order valence-electron chi connectivity index (χ1n) is 15.7. The summed E-state index contributed by atoms with van der Waals surface area (Å²) in [5.41, 5.74) is -0.510. The highest BCUT2D eigenvalue weighted by atomic mass is 79.9. The van der Waals surface area contributed by atoms with Crippen molar-refractivity contribution in [1.29, 1.82) is 0 Å². The van der Waals surface area contributed by atoms with Gasteiger partial charge in [-0.1, -0.05) is 15.9 Å². The van der Waals surface area contributed by atoms with Crippen molar-refractivity contribution in [2.45, 2.75) is 26.4 Å². The summed E-state index contributed by atoms with van der Waals surface area (Å²) in [6.45, 7) is 16.9. The van der Waals surface area contributed by atoms with Gasteiger partial charge in [0.15, 0.2) is 0 Å². The molecule has 0 aromatic heterocycles. The number of ether oxygens (including phenoxy) is 13. The molecule has 0 radical (unpaired) electrons. The lowest BCUT2D eigenvalue weighted by atomic mass is 10.2. The van der Waals surface area contributed by atoms with E-state index in [2.05, 4.69) is 15.9 Å². The Bertz CT molecular complexity index is 597. The molecule has 0 fully saturated rings. The predicted molar refractivity (Wildman–Crippen MR) is 169 cm³/mol. The van der Waals surface area contributed by atoms with Crippen LogP contribution < -0.4 is 0 Å². The fourth-order valence-corrected chi connectivity index (χ4v) is 3.23. The third-order valence-electron chi connectivity index (χ3n) is 4.95. The van der Waals surface area contributed by atoms with Gasteiger partial charge < -0.3 is 61.6 Å². The molecule has 270 valence electrons. The highest BCUT2D eigenvalue weighted by molar-refractivity contribution is 9.09. The second kappa shape index (κ2) is 36.3. The summed E-state index contributed by atoms with van der Waals surface area (Å²) in [5, 5.41) is 0.834. The Morgan fingerprint density at radius 1 is 0.378 bits per heavy atom. The summed E-state index contributed by atoms with van der Waals surface area (Å²) >= 11 is 3.30. The zero-order valence-electron chi connectivity index (χ0n) is 27.8. The molecule has 0 rings (SSSR count). The fraction of sp³-hybridized carbons (Fsp3) is 0.967. The molecule has 0 heterocycles. The average molecular weight is 724 g/mol. The number of carbonyl (C=O) groups excluding carboxylic acids is 1. The Balaban J connectivity index is 3.09. The molecule has 0 saturated heterocycles. The molecule has 0 atom stereocenters. The van der Waals surface area contributed by atoms with Crippen molar-refractivity contribution >= 4 is 21.9 Å². The van der Waals surface area contributed by atoms with Gasteiger partial charge in [0, 0.05) is 5.33 Å². The van der Waals surface area contributed by atoms with Gasteiger partial charge in [0.2, 0.25) is 0 Å². The molecule has 0 bridgehead atoms. The zero-order chi connectivity index (χ0) is 32.9. The molecule has 0 aliphatic heterocycles. The lowest BCUT2D eigenvalue weighted by Gasteiger charge is -2.19. The number of hydrogen-bond acceptors (Lipinski definition) is 14. The standard InChI is InChI=1S/C30H59BrO14/c1-30(2,3)45-29(32)28-44-27-26-43-25-24-42-23-22-41-21-20-40-19-18-39-17-16-38-15-14-37-13-12-36-11-10-35-9-8-34-7-6-33-5-4-31/h4-28H2,1-3H3. The predicted octanol–water partition coefficient (Wildman–Crippen LogP) is 1.92. The summed E-state index contributed by atoms with van der Waals surface area (Å²) in [7, 11) is 0. The molecule has 0 spiro atoms. The van der Waals surface area contributed by atoms with E-state index in [1.807, 2.05) is 20.8 Å². The summed E-state index contributed by atoms with van der Waals surface area (Å²) in [4.78, 5) is 11.5. The third kappa shape index (κ3) is 41.4. The van der Waals surface area contributed by atoms with Gasteiger partial charge in [-0.05, 0) is 20.8 Å². The summed E-state index contributed by atoms with van der Waals surface area (Å²) in [6, 6.07) is 0. The second-order valence-corrected chi connectivity index (χ2v) is 10.9. The second-order valence-electron chi connectivity index (χ2n) is 10.1. The van der Waals surface area contributed by atoms with Crippen LogP contribution in [0.3, 0.4) is 0 Å². The highest BCUT2D eigenvalue weighted by Crippen LogP contribution is 2.06. The minimum atomic E-state index is -0.510. The summed E-state index contributed by atoms with van der Waals surface area (Å²) in [6.07, 6.45) is 0. The van der Waals surface area contributed by atoms with E-state index in [0.29, 0.717) is 152 Å². The van der Waals surface area contributed by atoms with Crippen LogP contribution in [0.1, 0.15) is 20.8 Å². The number of alkyl halides is 1. The fourth-order valence-electron chi connectivity index (χ4n) is 3.00. The van der Waals surface area contributed by atoms with Crippen LogP contribution in [0.2, 0.25) is 0 Å². The maximum absolute atomic E-state index is 11.5. The molecule has 0 aliphatic rings. The van der Waals surface area contributed by atoms with Crippen LogP contribution in [-0.2, 0) is 66.4 Å². The Morgan fingerprint density at radius 2 is 0.578 bits per heavy atom. The molecule has 0 amide bonds. The van der Waals surface area contributed by atoms with E-state index in [4.69, 9.17) is 61.6 Å². The molecule has 0 aromatic carbocycles. The third-order valence-corrected chi connectivity index (χ3v) is 5.28. The number of rotatable bonds is 37. The molecule has 0 aliphatic carbocycles. The largest absolute Gasteiger partial charge is 0.458 e. The van der Waals surface area contributed by atoms with E-state index in [9.17, 15) is 4.79 Å². The van der Waals surface area contributed by atoms with Gasteiger partial charge in [-0.15, -0.1) is 0 Å². The summed E-state index contributed by atoms with van der Waals surface area (Å²) < 4.78 is 70.0. The van der Waals surface area contributed by atoms with E-state index in [-0.39, 0.29) is 12.6 Å². The lowest BCUT2D eigenvalue weighted by Crippen LogP contribution is -2.27. The first kappa shape index (κ1) is 44.5. The van der Waals surface area contributed by atoms with Crippen LogP contribution in [0.15, 0.2) is 0 Å². The van der Waals surface area contributed by atoms with Gasteiger partial charge in [0.1, 0.15) is 12.2 Å². The molecule has 45 heavy (non-hydrogen) atoms. The maximum Gasteiger partial charge on any atom is 0.332 e. The molecular weight excluding hydrogens is 664 g/mol. The van der Waals surface area contributed by atoms with Crippen LogP contribution >= 0.6 is 15.9 Å². The van der Waals surface area contributed by atoms with Crippen LogP contribution in [0.25, 0.3) is 0 Å². The molecule has 0 aromatic rings. The quantitative estimate of drug-likeness (QED) is 0.0525. The molecule has 0 saturated carbocycles. The maximum atomic E-state index is 11.5. The monoisotopic (exact) mass is 722 g/mol. The lowest BCUT2D eigenvalue weighted by molar-refractivity contribution is -0.160. The van der Waals surface area contributed by atoms with E-state index < -0.39 is 5.60 Å². The van der Waals surface area contributed by atoms with Crippen LogP contribution in [0, 0.1) is 0 Å². The minimum absolute atomic E-state index is 0.0828. The normalized spacial score (nSPS) is 11.8. The number of hydrogen-bond donors (Lipinski definition) is 0. The first-order chi connectivity index (χ1) is 22.0. The Labute approximate surface area is 278 Å². The topological polar surface area (TPSA) is 137 Å². The van der Waals surface area contributed by atoms with Crippen molar-refractivity contribution in [2.75, 3.05) is 164 Å². The van der Waals surface area contributed by atoms with Gasteiger partial charge in [0.25, 0.3) is 0 Å². The van der Waals surface area contributed by atoms with Crippen LogP contribution in [-0.4, -0.2) is 175 Å². The summed E-state index contributed by atoms with van der Waals surface area (Å²) in [5.74, 6) is -0.387. The Morgan fingerprint density at radius 3 is 0.778 bits per heavy atom. The zero-order valence-corrected chi connectivity index (χ0v) is 29.4. The van der Waals surface area contributed by atoms with E-state index in [1.54, 1.807) is 0 Å². The van der Waals surface area contributed by atoms with Gasteiger partial charge in [-0.2, -0.15) is 0 Å². The number of carbonyl (C=O) groups is 1. The van der Waals surface area contributed by atoms with Gasteiger partial charge >= 0.3 is 5.97 Å². The van der Waals surface area contributed by atoms with Crippen LogP contribution in [0.4, 0.5) is 0 Å².